The van der Waals surface area contributed by atoms with Gasteiger partial charge in [0.25, 0.3) is 15.7 Å². The number of aromatic nitrogens is 1. The molecule has 0 aliphatic heterocycles. The number of hydrogen-bond acceptors (Lipinski definition) is 4. The Morgan fingerprint density at radius 2 is 1.72 bits per heavy atom. The van der Waals surface area contributed by atoms with E-state index in [1.807, 2.05) is 0 Å². The molecule has 2 aromatic rings. The number of nitrogens with one attached hydrogen (secondary N) is 1. The molecule has 2 rings (SSSR count). The standard InChI is InChI=1S/C15H13F3N2O4S/c1-20-9-11(4-7-13(20)21)14(22)19-8-10-2-5-12(6-3-10)25(23,24)15(16,17)18/h2-7,9H,8H2,1H3,(H,19,22). The van der Waals surface area contributed by atoms with Crippen LogP contribution >= 0.6 is 0 Å². The predicted molar refractivity (Wildman–Crippen MR) is 82.5 cm³/mol. The molecule has 25 heavy (non-hydrogen) atoms. The number of carbonyl (C=O) groups is 1. The molecule has 0 fully saturated rings. The molecule has 0 aliphatic carbocycles. The van der Waals surface area contributed by atoms with Crippen LogP contribution in [0.5, 0.6) is 0 Å². The molecular weight excluding hydrogens is 361 g/mol. The number of halogens is 3. The number of pyridine rings is 1. The zero-order valence-electron chi connectivity index (χ0n) is 12.9. The van der Waals surface area contributed by atoms with E-state index in [0.717, 1.165) is 12.1 Å². The zero-order valence-corrected chi connectivity index (χ0v) is 13.7. The molecule has 0 atom stereocenters. The summed E-state index contributed by atoms with van der Waals surface area (Å²) in [7, 11) is -3.91. The first kappa shape index (κ1) is 18.7. The zero-order chi connectivity index (χ0) is 18.8. The maximum Gasteiger partial charge on any atom is 0.501 e. The van der Waals surface area contributed by atoms with Crippen molar-refractivity contribution in [2.24, 2.45) is 7.05 Å². The number of hydrogen-bond donors (Lipinski definition) is 1. The highest BCUT2D eigenvalue weighted by atomic mass is 32.2. The van der Waals surface area contributed by atoms with Crippen molar-refractivity contribution in [3.63, 3.8) is 0 Å². The Bertz CT molecular complexity index is 948. The average Bonchev–Trinajstić information content (AvgIpc) is 2.54. The van der Waals surface area contributed by atoms with Crippen LogP contribution in [0.1, 0.15) is 15.9 Å². The van der Waals surface area contributed by atoms with E-state index in [1.165, 1.54) is 42.1 Å². The van der Waals surface area contributed by atoms with Gasteiger partial charge in [0, 0.05) is 25.9 Å². The number of rotatable bonds is 4. The van der Waals surface area contributed by atoms with Crippen LogP contribution < -0.4 is 10.9 Å². The van der Waals surface area contributed by atoms with E-state index in [-0.39, 0.29) is 17.7 Å². The van der Waals surface area contributed by atoms with Crippen molar-refractivity contribution in [2.75, 3.05) is 0 Å². The highest BCUT2D eigenvalue weighted by molar-refractivity contribution is 7.92. The molecule has 0 saturated heterocycles. The second-order valence-corrected chi connectivity index (χ2v) is 7.08. The summed E-state index contributed by atoms with van der Waals surface area (Å²) in [5.41, 5.74) is -5.00. The van der Waals surface area contributed by atoms with Crippen molar-refractivity contribution in [1.29, 1.82) is 0 Å². The first-order valence-electron chi connectivity index (χ1n) is 6.87. The lowest BCUT2D eigenvalue weighted by Crippen LogP contribution is -2.25. The number of benzene rings is 1. The predicted octanol–water partition coefficient (Wildman–Crippen LogP) is 1.61. The molecule has 134 valence electrons. The van der Waals surface area contributed by atoms with Crippen molar-refractivity contribution in [3.05, 3.63) is 64.1 Å². The number of aryl methyl sites for hydroxylation is 1. The van der Waals surface area contributed by atoms with E-state index in [9.17, 15) is 31.2 Å². The number of amides is 1. The number of sulfone groups is 1. The topological polar surface area (TPSA) is 85.2 Å². The summed E-state index contributed by atoms with van der Waals surface area (Å²) < 4.78 is 61.1. The van der Waals surface area contributed by atoms with E-state index in [4.69, 9.17) is 0 Å². The molecule has 0 spiro atoms. The van der Waals surface area contributed by atoms with E-state index in [0.29, 0.717) is 5.56 Å². The minimum atomic E-state index is -5.40. The van der Waals surface area contributed by atoms with Crippen LogP contribution in [0.15, 0.2) is 52.3 Å². The molecule has 1 aromatic carbocycles. The van der Waals surface area contributed by atoms with Crippen molar-refractivity contribution in [2.45, 2.75) is 16.9 Å². The minimum Gasteiger partial charge on any atom is -0.348 e. The van der Waals surface area contributed by atoms with Crippen LogP contribution in [-0.2, 0) is 23.4 Å². The van der Waals surface area contributed by atoms with E-state index in [1.54, 1.807) is 0 Å². The molecule has 0 aliphatic rings. The molecule has 0 radical (unpaired) electrons. The van der Waals surface area contributed by atoms with Gasteiger partial charge in [-0.2, -0.15) is 13.2 Å². The maximum atomic E-state index is 12.5. The molecule has 1 heterocycles. The Morgan fingerprint density at radius 3 is 2.24 bits per heavy atom. The van der Waals surface area contributed by atoms with Crippen LogP contribution in [-0.4, -0.2) is 24.4 Å². The second-order valence-electron chi connectivity index (χ2n) is 5.14. The van der Waals surface area contributed by atoms with Gasteiger partial charge >= 0.3 is 5.51 Å². The van der Waals surface area contributed by atoms with Crippen LogP contribution in [0.3, 0.4) is 0 Å². The lowest BCUT2D eigenvalue weighted by atomic mass is 10.2. The molecular formula is C15H13F3N2O4S. The maximum absolute atomic E-state index is 12.5. The summed E-state index contributed by atoms with van der Waals surface area (Å²) in [4.78, 5) is 22.4. The Labute approximate surface area is 140 Å². The second kappa shape index (κ2) is 6.71. The molecule has 0 saturated carbocycles. The number of nitrogens with zero attached hydrogens (tertiary/aromatic N) is 1. The lowest BCUT2D eigenvalue weighted by molar-refractivity contribution is -0.0436. The molecule has 1 aromatic heterocycles. The van der Waals surface area contributed by atoms with Gasteiger partial charge in [-0.15, -0.1) is 0 Å². The van der Waals surface area contributed by atoms with E-state index in [2.05, 4.69) is 5.32 Å². The summed E-state index contributed by atoms with van der Waals surface area (Å²) in [6, 6.07) is 6.59. The smallest absolute Gasteiger partial charge is 0.348 e. The SMILES string of the molecule is Cn1cc(C(=O)NCc2ccc(S(=O)(=O)C(F)(F)F)cc2)ccc1=O. The quantitative estimate of drug-likeness (QED) is 0.881. The summed E-state index contributed by atoms with van der Waals surface area (Å²) in [6.45, 7) is -0.0198. The van der Waals surface area contributed by atoms with Crippen molar-refractivity contribution in [3.8, 4) is 0 Å². The Hall–Kier alpha value is -2.62. The Balaban J connectivity index is 2.08. The summed E-state index contributed by atoms with van der Waals surface area (Å²) >= 11 is 0. The van der Waals surface area contributed by atoms with E-state index < -0.39 is 26.1 Å². The van der Waals surface area contributed by atoms with Crippen LogP contribution in [0.4, 0.5) is 13.2 Å². The Kier molecular flexibility index (Phi) is 5.02. The molecule has 0 bridgehead atoms. The van der Waals surface area contributed by atoms with Crippen molar-refractivity contribution in [1.82, 2.24) is 9.88 Å². The van der Waals surface area contributed by atoms with Gasteiger partial charge < -0.3 is 9.88 Å². The van der Waals surface area contributed by atoms with Crippen LogP contribution in [0.25, 0.3) is 0 Å². The summed E-state index contributed by atoms with van der Waals surface area (Å²) in [5.74, 6) is -0.484. The van der Waals surface area contributed by atoms with Crippen molar-refractivity contribution < 1.29 is 26.4 Å². The third-order valence-corrected chi connectivity index (χ3v) is 4.84. The molecule has 1 N–H and O–H groups in total. The first-order chi connectivity index (χ1) is 11.5. The van der Waals surface area contributed by atoms with Gasteiger partial charge in [0.2, 0.25) is 5.56 Å². The van der Waals surface area contributed by atoms with Gasteiger partial charge in [-0.05, 0) is 23.8 Å². The van der Waals surface area contributed by atoms with Gasteiger partial charge in [0.15, 0.2) is 0 Å². The van der Waals surface area contributed by atoms with Crippen LogP contribution in [0.2, 0.25) is 0 Å². The van der Waals surface area contributed by atoms with Gasteiger partial charge in [0.05, 0.1) is 10.5 Å². The normalized spacial score (nSPS) is 12.0. The fourth-order valence-corrected chi connectivity index (χ4v) is 2.69. The molecule has 10 heteroatoms. The largest absolute Gasteiger partial charge is 0.501 e. The molecule has 0 unspecified atom stereocenters. The van der Waals surface area contributed by atoms with Gasteiger partial charge in [-0.1, -0.05) is 12.1 Å². The summed E-state index contributed by atoms with van der Waals surface area (Å²) in [5, 5.41) is 2.52. The average molecular weight is 374 g/mol. The highest BCUT2D eigenvalue weighted by Crippen LogP contribution is 2.30. The minimum absolute atomic E-state index is 0.0198. The fraction of sp³-hybridized carbons (Fsp3) is 0.200. The Morgan fingerprint density at radius 1 is 1.12 bits per heavy atom. The number of alkyl halides is 3. The van der Waals surface area contributed by atoms with Gasteiger partial charge in [-0.3, -0.25) is 9.59 Å². The lowest BCUT2D eigenvalue weighted by Gasteiger charge is -2.09. The van der Waals surface area contributed by atoms with Crippen molar-refractivity contribution >= 4 is 15.7 Å². The third-order valence-electron chi connectivity index (χ3n) is 3.34. The number of carbonyl (C=O) groups excluding carboxylic acids is 1. The molecule has 6 nitrogen and oxygen atoms in total. The van der Waals surface area contributed by atoms with Crippen LogP contribution in [0, 0.1) is 0 Å². The monoisotopic (exact) mass is 374 g/mol. The van der Waals surface area contributed by atoms with Gasteiger partial charge in [0.1, 0.15) is 0 Å². The summed E-state index contributed by atoms with van der Waals surface area (Å²) in [6.07, 6.45) is 1.34. The van der Waals surface area contributed by atoms with E-state index >= 15 is 0 Å². The first-order valence-corrected chi connectivity index (χ1v) is 8.36. The highest BCUT2D eigenvalue weighted by Gasteiger charge is 2.46. The van der Waals surface area contributed by atoms with Gasteiger partial charge in [-0.25, -0.2) is 8.42 Å². The third kappa shape index (κ3) is 4.08. The fourth-order valence-electron chi connectivity index (χ4n) is 1.93. The molecule has 1 amide bonds.